The lowest BCUT2D eigenvalue weighted by atomic mass is 10.0. The fourth-order valence-corrected chi connectivity index (χ4v) is 4.75. The molecule has 0 spiro atoms. The molecule has 1 atom stereocenters. The van der Waals surface area contributed by atoms with Crippen molar-refractivity contribution in [1.29, 1.82) is 0 Å². The number of aromatic hydroxyl groups is 1. The summed E-state index contributed by atoms with van der Waals surface area (Å²) in [6.07, 6.45) is 1.24. The molecule has 2 aliphatic heterocycles. The normalized spacial score (nSPS) is 16.7. The highest BCUT2D eigenvalue weighted by Crippen LogP contribution is 2.31. The molecule has 224 valence electrons. The van der Waals surface area contributed by atoms with E-state index in [4.69, 9.17) is 5.73 Å². The lowest BCUT2D eigenvalue weighted by molar-refractivity contribution is -0.158. The van der Waals surface area contributed by atoms with Crippen LogP contribution in [0.3, 0.4) is 0 Å². The van der Waals surface area contributed by atoms with E-state index in [1.54, 1.807) is 12.1 Å². The predicted molar refractivity (Wildman–Crippen MR) is 153 cm³/mol. The Morgan fingerprint density at radius 2 is 1.72 bits per heavy atom. The summed E-state index contributed by atoms with van der Waals surface area (Å²) in [5, 5.41) is 21.6. The summed E-state index contributed by atoms with van der Waals surface area (Å²) in [5.41, 5.74) is 7.16. The van der Waals surface area contributed by atoms with Gasteiger partial charge in [0, 0.05) is 31.1 Å². The van der Waals surface area contributed by atoms with Crippen LogP contribution in [-0.4, -0.2) is 67.1 Å². The second kappa shape index (κ2) is 13.7. The van der Waals surface area contributed by atoms with Crippen molar-refractivity contribution >= 4 is 17.9 Å². The number of halogens is 2. The Balaban J connectivity index is 0.000000458. The molecule has 2 heterocycles. The molecule has 0 saturated carbocycles. The van der Waals surface area contributed by atoms with Crippen LogP contribution in [0.4, 0.5) is 13.6 Å². The summed E-state index contributed by atoms with van der Waals surface area (Å²) in [6, 6.07) is 17.8. The van der Waals surface area contributed by atoms with E-state index in [0.717, 1.165) is 20.9 Å². The summed E-state index contributed by atoms with van der Waals surface area (Å²) >= 11 is 0. The number of fused-ring (bicyclic) bond motifs is 1. The van der Waals surface area contributed by atoms with Crippen molar-refractivity contribution in [3.8, 4) is 5.75 Å². The van der Waals surface area contributed by atoms with Gasteiger partial charge in [0.2, 0.25) is 5.91 Å². The van der Waals surface area contributed by atoms with E-state index < -0.39 is 35.6 Å². The van der Waals surface area contributed by atoms with Gasteiger partial charge >= 0.3 is 6.09 Å². The Labute approximate surface area is 247 Å². The van der Waals surface area contributed by atoms with Gasteiger partial charge in [-0.1, -0.05) is 54.6 Å². The maximum Gasteiger partial charge on any atom is 0.428 e. The van der Waals surface area contributed by atoms with E-state index in [9.17, 15) is 33.4 Å². The molecule has 0 radical (unpaired) electrons. The van der Waals surface area contributed by atoms with Gasteiger partial charge in [0.25, 0.3) is 5.91 Å². The van der Waals surface area contributed by atoms with Crippen LogP contribution in [0.1, 0.15) is 16.7 Å². The highest BCUT2D eigenvalue weighted by molar-refractivity contribution is 5.93. The van der Waals surface area contributed by atoms with Crippen molar-refractivity contribution in [3.05, 3.63) is 126 Å². The third-order valence-electron chi connectivity index (χ3n) is 6.81. The van der Waals surface area contributed by atoms with Crippen LogP contribution >= 0.6 is 0 Å². The van der Waals surface area contributed by atoms with E-state index in [2.05, 4.69) is 6.58 Å². The van der Waals surface area contributed by atoms with E-state index in [1.807, 2.05) is 30.3 Å². The first-order valence-electron chi connectivity index (χ1n) is 13.3. The number of nitrogens with zero attached hydrogens (tertiary/aromatic N) is 4. The molecule has 10 nitrogen and oxygen atoms in total. The minimum atomic E-state index is -1.39. The van der Waals surface area contributed by atoms with Gasteiger partial charge in [-0.25, -0.2) is 13.6 Å². The molecule has 3 amide bonds. The number of phenols is 1. The number of carbonyl (C=O) groups excluding carboxylic acids is 2. The number of amides is 3. The molecule has 1 saturated heterocycles. The van der Waals surface area contributed by atoms with E-state index in [1.165, 1.54) is 41.0 Å². The van der Waals surface area contributed by atoms with Crippen LogP contribution in [0.15, 0.2) is 97.5 Å². The molecule has 0 aromatic heterocycles. The van der Waals surface area contributed by atoms with Crippen molar-refractivity contribution in [1.82, 2.24) is 19.8 Å². The summed E-state index contributed by atoms with van der Waals surface area (Å²) in [6.45, 7) is 3.67. The molecule has 12 heteroatoms. The summed E-state index contributed by atoms with van der Waals surface area (Å²) in [4.78, 5) is 41.0. The Bertz CT molecular complexity index is 1520. The lowest BCUT2D eigenvalue weighted by Crippen LogP contribution is -2.66. The molecular weight excluding hydrogens is 560 g/mol. The van der Waals surface area contributed by atoms with Gasteiger partial charge in [-0.3, -0.25) is 14.5 Å². The summed E-state index contributed by atoms with van der Waals surface area (Å²) in [7, 11) is 0. The van der Waals surface area contributed by atoms with Crippen LogP contribution in [-0.2, 0) is 29.1 Å². The number of nitrogens with two attached hydrogens (primary N) is 1. The van der Waals surface area contributed by atoms with Crippen molar-refractivity contribution in [2.24, 2.45) is 5.73 Å². The summed E-state index contributed by atoms with van der Waals surface area (Å²) < 4.78 is 27.7. The molecule has 4 N–H and O–H groups in total. The molecule has 5 rings (SSSR count). The highest BCUT2D eigenvalue weighted by Gasteiger charge is 2.47. The standard InChI is InChI=1S/C24H22F2N4O5.C7H9N/c1-2-9-28-14-22(32)29-20(10-15-3-7-18(31)8-4-15)23(33)27(13-21(29)30(28)24(34)35)12-16-5-6-17(25)11-19(16)26;8-6-7-4-2-1-3-5-7/h2-8,11,13,20,31H,1,9-10,12,14H2,(H,34,35);1-5H,6,8H2. The number of hydrogen-bond donors (Lipinski definition) is 3. The maximum atomic E-state index is 14.4. The fraction of sp³-hybridized carbons (Fsp3) is 0.194. The minimum Gasteiger partial charge on any atom is -0.508 e. The molecule has 2 aliphatic rings. The summed E-state index contributed by atoms with van der Waals surface area (Å²) in [5.74, 6) is -2.79. The largest absolute Gasteiger partial charge is 0.508 e. The second-order valence-corrected chi connectivity index (χ2v) is 9.76. The molecule has 0 bridgehead atoms. The first kappa shape index (κ1) is 30.9. The Morgan fingerprint density at radius 1 is 1.02 bits per heavy atom. The average molecular weight is 592 g/mol. The molecular formula is C31H31F2N5O5. The number of phenolic OH excluding ortho intramolecular Hbond substituents is 1. The lowest BCUT2D eigenvalue weighted by Gasteiger charge is -2.48. The quantitative estimate of drug-likeness (QED) is 0.357. The van der Waals surface area contributed by atoms with Gasteiger partial charge in [-0.15, -0.1) is 6.58 Å². The molecule has 3 aromatic carbocycles. The van der Waals surface area contributed by atoms with Gasteiger partial charge in [-0.2, -0.15) is 10.0 Å². The van der Waals surface area contributed by atoms with Crippen LogP contribution in [0.25, 0.3) is 0 Å². The number of rotatable bonds is 7. The van der Waals surface area contributed by atoms with Gasteiger partial charge in [0.15, 0.2) is 5.82 Å². The SMILES string of the molecule is C=CCN1CC(=O)N2C(=CN(Cc3ccc(F)cc3F)C(=O)C2Cc2ccc(O)cc2)N1C(=O)O.NCc1ccccc1. The molecule has 1 unspecified atom stereocenters. The molecule has 3 aromatic rings. The Hall–Kier alpha value is -5.07. The number of carboxylic acid groups (broad SMARTS) is 1. The smallest absolute Gasteiger partial charge is 0.428 e. The maximum absolute atomic E-state index is 14.4. The van der Waals surface area contributed by atoms with Crippen molar-refractivity contribution < 1.29 is 33.4 Å². The molecule has 0 aliphatic carbocycles. The minimum absolute atomic E-state index is 0.0134. The van der Waals surface area contributed by atoms with E-state index in [-0.39, 0.29) is 43.2 Å². The first-order valence-corrected chi connectivity index (χ1v) is 13.3. The number of hydrogen-bond acceptors (Lipinski definition) is 6. The van der Waals surface area contributed by atoms with Crippen molar-refractivity contribution in [3.63, 3.8) is 0 Å². The fourth-order valence-electron chi connectivity index (χ4n) is 4.75. The van der Waals surface area contributed by atoms with E-state index in [0.29, 0.717) is 18.2 Å². The Morgan fingerprint density at radius 3 is 2.30 bits per heavy atom. The van der Waals surface area contributed by atoms with E-state index >= 15 is 0 Å². The number of hydrazine groups is 1. The van der Waals surface area contributed by atoms with Gasteiger partial charge < -0.3 is 20.8 Å². The number of carbonyl (C=O) groups is 3. The number of benzene rings is 3. The topological polar surface area (TPSA) is 131 Å². The van der Waals surface area contributed by atoms with Gasteiger partial charge in [0.05, 0.1) is 19.3 Å². The highest BCUT2D eigenvalue weighted by atomic mass is 19.1. The zero-order chi connectivity index (χ0) is 31.1. The first-order chi connectivity index (χ1) is 20.6. The van der Waals surface area contributed by atoms with Crippen molar-refractivity contribution in [2.45, 2.75) is 25.6 Å². The third-order valence-corrected chi connectivity index (χ3v) is 6.81. The van der Waals surface area contributed by atoms with Gasteiger partial charge in [-0.05, 0) is 29.3 Å². The van der Waals surface area contributed by atoms with Crippen LogP contribution < -0.4 is 5.73 Å². The zero-order valence-electron chi connectivity index (χ0n) is 23.1. The molecule has 43 heavy (non-hydrogen) atoms. The van der Waals surface area contributed by atoms with Crippen molar-refractivity contribution in [2.75, 3.05) is 13.1 Å². The third kappa shape index (κ3) is 7.23. The van der Waals surface area contributed by atoms with Crippen LogP contribution in [0.5, 0.6) is 5.75 Å². The van der Waals surface area contributed by atoms with Gasteiger partial charge in [0.1, 0.15) is 23.4 Å². The Kier molecular flexibility index (Phi) is 9.86. The molecule has 1 fully saturated rings. The zero-order valence-corrected chi connectivity index (χ0v) is 23.1. The van der Waals surface area contributed by atoms with Crippen LogP contribution in [0.2, 0.25) is 0 Å². The van der Waals surface area contributed by atoms with Crippen LogP contribution in [0, 0.1) is 11.6 Å². The average Bonchev–Trinajstić information content (AvgIpc) is 2.98. The predicted octanol–water partition coefficient (Wildman–Crippen LogP) is 3.79. The monoisotopic (exact) mass is 591 g/mol. The second-order valence-electron chi connectivity index (χ2n) is 9.76.